The van der Waals surface area contributed by atoms with Crippen molar-refractivity contribution in [2.45, 2.75) is 56.9 Å². The molecule has 1 aliphatic heterocycles. The van der Waals surface area contributed by atoms with Crippen LogP contribution in [0, 0.1) is 5.92 Å². The number of ether oxygens (including phenoxy) is 1. The van der Waals surface area contributed by atoms with Crippen LogP contribution >= 0.6 is 0 Å². The Labute approximate surface area is 113 Å². The monoisotopic (exact) mass is 265 g/mol. The SMILES string of the molecule is CC1CCCC(N)(c2noc(C3CCCOC3)n2)C1. The number of rotatable bonds is 2. The first-order valence-electron chi connectivity index (χ1n) is 7.38. The lowest BCUT2D eigenvalue weighted by Crippen LogP contribution is -2.42. The predicted molar refractivity (Wildman–Crippen MR) is 70.6 cm³/mol. The molecule has 2 N–H and O–H groups in total. The highest BCUT2D eigenvalue weighted by atomic mass is 16.5. The minimum atomic E-state index is -0.394. The van der Waals surface area contributed by atoms with E-state index in [-0.39, 0.29) is 5.92 Å². The lowest BCUT2D eigenvalue weighted by molar-refractivity contribution is 0.0705. The Morgan fingerprint density at radius 2 is 2.21 bits per heavy atom. The van der Waals surface area contributed by atoms with Gasteiger partial charge in [-0.25, -0.2) is 0 Å². The summed E-state index contributed by atoms with van der Waals surface area (Å²) in [6.45, 7) is 3.78. The summed E-state index contributed by atoms with van der Waals surface area (Å²) in [5, 5.41) is 4.15. The lowest BCUT2D eigenvalue weighted by atomic mass is 9.76. The fourth-order valence-electron chi connectivity index (χ4n) is 3.33. The Morgan fingerprint density at radius 3 is 2.95 bits per heavy atom. The molecule has 1 aromatic rings. The largest absolute Gasteiger partial charge is 0.381 e. The molecule has 0 aromatic carbocycles. The van der Waals surface area contributed by atoms with Gasteiger partial charge in [0.2, 0.25) is 5.89 Å². The van der Waals surface area contributed by atoms with E-state index in [1.54, 1.807) is 0 Å². The van der Waals surface area contributed by atoms with Crippen molar-refractivity contribution < 1.29 is 9.26 Å². The van der Waals surface area contributed by atoms with Gasteiger partial charge in [0, 0.05) is 6.61 Å². The fourth-order valence-corrected chi connectivity index (χ4v) is 3.33. The number of nitrogens with two attached hydrogens (primary N) is 1. The molecule has 0 spiro atoms. The molecule has 0 radical (unpaired) electrons. The summed E-state index contributed by atoms with van der Waals surface area (Å²) in [5.74, 6) is 2.29. The van der Waals surface area contributed by atoms with Crippen LogP contribution in [0.2, 0.25) is 0 Å². The van der Waals surface area contributed by atoms with Crippen LogP contribution in [0.4, 0.5) is 0 Å². The number of aromatic nitrogens is 2. The maximum Gasteiger partial charge on any atom is 0.232 e. The zero-order chi connectivity index (χ0) is 13.3. The van der Waals surface area contributed by atoms with Gasteiger partial charge in [0.05, 0.1) is 18.1 Å². The van der Waals surface area contributed by atoms with Crippen molar-refractivity contribution in [1.82, 2.24) is 10.1 Å². The smallest absolute Gasteiger partial charge is 0.232 e. The maximum absolute atomic E-state index is 6.50. The first-order valence-corrected chi connectivity index (χ1v) is 7.38. The minimum Gasteiger partial charge on any atom is -0.381 e. The van der Waals surface area contributed by atoms with Crippen LogP contribution in [0.1, 0.15) is 63.1 Å². The van der Waals surface area contributed by atoms with Crippen molar-refractivity contribution in [2.75, 3.05) is 13.2 Å². The maximum atomic E-state index is 6.50. The zero-order valence-corrected chi connectivity index (χ0v) is 11.6. The number of hydrogen-bond acceptors (Lipinski definition) is 5. The van der Waals surface area contributed by atoms with Gasteiger partial charge in [-0.15, -0.1) is 0 Å². The van der Waals surface area contributed by atoms with Crippen molar-refractivity contribution in [3.05, 3.63) is 11.7 Å². The Morgan fingerprint density at radius 1 is 1.32 bits per heavy atom. The first-order chi connectivity index (χ1) is 9.17. The van der Waals surface area contributed by atoms with Gasteiger partial charge in [-0.05, 0) is 31.6 Å². The Kier molecular flexibility index (Phi) is 3.58. The number of hydrogen-bond donors (Lipinski definition) is 1. The molecule has 2 aliphatic rings. The molecular formula is C14H23N3O2. The summed E-state index contributed by atoms with van der Waals surface area (Å²) >= 11 is 0. The molecule has 3 atom stereocenters. The van der Waals surface area contributed by atoms with Crippen LogP contribution in [-0.4, -0.2) is 23.4 Å². The Balaban J connectivity index is 1.76. The molecule has 5 heteroatoms. The van der Waals surface area contributed by atoms with Gasteiger partial charge in [0.15, 0.2) is 5.82 Å². The third-order valence-corrected chi connectivity index (χ3v) is 4.43. The van der Waals surface area contributed by atoms with E-state index in [1.807, 2.05) is 0 Å². The molecule has 3 rings (SSSR count). The molecule has 0 bridgehead atoms. The molecule has 19 heavy (non-hydrogen) atoms. The van der Waals surface area contributed by atoms with Gasteiger partial charge in [0.1, 0.15) is 0 Å². The summed E-state index contributed by atoms with van der Waals surface area (Å²) < 4.78 is 10.9. The van der Waals surface area contributed by atoms with Gasteiger partial charge in [0.25, 0.3) is 0 Å². The highest BCUT2D eigenvalue weighted by Crippen LogP contribution is 2.37. The molecule has 1 saturated heterocycles. The summed E-state index contributed by atoms with van der Waals surface area (Å²) in [6.07, 6.45) is 6.43. The van der Waals surface area contributed by atoms with E-state index < -0.39 is 5.54 Å². The summed E-state index contributed by atoms with van der Waals surface area (Å²) in [4.78, 5) is 4.58. The molecule has 0 amide bonds. The van der Waals surface area contributed by atoms with E-state index in [4.69, 9.17) is 15.0 Å². The van der Waals surface area contributed by atoms with Crippen LogP contribution in [0.3, 0.4) is 0 Å². The highest BCUT2D eigenvalue weighted by molar-refractivity contribution is 5.08. The molecule has 5 nitrogen and oxygen atoms in total. The molecule has 1 aromatic heterocycles. The van der Waals surface area contributed by atoms with Crippen molar-refractivity contribution in [3.63, 3.8) is 0 Å². The third kappa shape index (κ3) is 2.67. The zero-order valence-electron chi connectivity index (χ0n) is 11.6. The van der Waals surface area contributed by atoms with E-state index >= 15 is 0 Å². The average molecular weight is 265 g/mol. The third-order valence-electron chi connectivity index (χ3n) is 4.43. The van der Waals surface area contributed by atoms with E-state index in [0.717, 1.165) is 38.7 Å². The van der Waals surface area contributed by atoms with Crippen molar-refractivity contribution in [1.29, 1.82) is 0 Å². The topological polar surface area (TPSA) is 74.2 Å². The summed E-state index contributed by atoms with van der Waals surface area (Å²) in [5.41, 5.74) is 6.10. The van der Waals surface area contributed by atoms with E-state index in [9.17, 15) is 0 Å². The van der Waals surface area contributed by atoms with Crippen molar-refractivity contribution in [2.24, 2.45) is 11.7 Å². The second-order valence-corrected chi connectivity index (χ2v) is 6.23. The van der Waals surface area contributed by atoms with Gasteiger partial charge < -0.3 is 15.0 Å². The average Bonchev–Trinajstić information content (AvgIpc) is 2.90. The normalized spacial score (nSPS) is 36.3. The van der Waals surface area contributed by atoms with Crippen LogP contribution in [0.25, 0.3) is 0 Å². The molecular weight excluding hydrogens is 242 g/mol. The Hall–Kier alpha value is -0.940. The molecule has 1 aliphatic carbocycles. The Bertz CT molecular complexity index is 428. The van der Waals surface area contributed by atoms with Crippen LogP contribution < -0.4 is 5.73 Å². The first kappa shape index (κ1) is 13.1. The van der Waals surface area contributed by atoms with Gasteiger partial charge >= 0.3 is 0 Å². The predicted octanol–water partition coefficient (Wildman–Crippen LogP) is 2.33. The van der Waals surface area contributed by atoms with Crippen LogP contribution in [0.5, 0.6) is 0 Å². The molecule has 2 fully saturated rings. The second-order valence-electron chi connectivity index (χ2n) is 6.23. The van der Waals surface area contributed by atoms with Crippen LogP contribution in [0.15, 0.2) is 4.52 Å². The highest BCUT2D eigenvalue weighted by Gasteiger charge is 2.37. The fraction of sp³-hybridized carbons (Fsp3) is 0.857. The molecule has 3 unspecified atom stereocenters. The van der Waals surface area contributed by atoms with Crippen molar-refractivity contribution in [3.8, 4) is 0 Å². The molecule has 106 valence electrons. The lowest BCUT2D eigenvalue weighted by Gasteiger charge is -2.33. The molecule has 2 heterocycles. The van der Waals surface area contributed by atoms with Gasteiger partial charge in [-0.3, -0.25) is 0 Å². The van der Waals surface area contributed by atoms with Gasteiger partial charge in [-0.1, -0.05) is 24.9 Å². The van der Waals surface area contributed by atoms with Crippen LogP contribution in [-0.2, 0) is 10.3 Å². The molecule has 1 saturated carbocycles. The second kappa shape index (κ2) is 5.21. The van der Waals surface area contributed by atoms with Crippen molar-refractivity contribution >= 4 is 0 Å². The standard InChI is InChI=1S/C14H23N3O2/c1-10-4-2-6-14(15,8-10)13-16-12(19-17-13)11-5-3-7-18-9-11/h10-11H,2-9,15H2,1H3. The minimum absolute atomic E-state index is 0.250. The van der Waals surface area contributed by atoms with E-state index in [2.05, 4.69) is 17.1 Å². The summed E-state index contributed by atoms with van der Waals surface area (Å²) in [7, 11) is 0. The number of nitrogens with zero attached hydrogens (tertiary/aromatic N) is 2. The van der Waals surface area contributed by atoms with E-state index in [0.29, 0.717) is 24.2 Å². The van der Waals surface area contributed by atoms with E-state index in [1.165, 1.54) is 6.42 Å². The van der Waals surface area contributed by atoms with Gasteiger partial charge in [-0.2, -0.15) is 4.98 Å². The summed E-state index contributed by atoms with van der Waals surface area (Å²) in [6, 6.07) is 0. The quantitative estimate of drug-likeness (QED) is 0.888.